The van der Waals surface area contributed by atoms with E-state index in [2.05, 4.69) is 0 Å². The molecular weight excluding hydrogens is 120 g/mol. The molecule has 0 aliphatic carbocycles. The fraction of sp³-hybridized carbons (Fsp3) is 0. The van der Waals surface area contributed by atoms with Crippen LogP contribution in [0.2, 0.25) is 0 Å². The van der Waals surface area contributed by atoms with Crippen LogP contribution in [0.25, 0.3) is 0 Å². The van der Waals surface area contributed by atoms with Crippen molar-refractivity contribution >= 4 is 0 Å². The quantitative estimate of drug-likeness (QED) is 0.316. The summed E-state index contributed by atoms with van der Waals surface area (Å²) in [6, 6.07) is 0. The molecule has 0 spiro atoms. The molecule has 0 atom stereocenters. The zero-order chi connectivity index (χ0) is 0. The van der Waals surface area contributed by atoms with E-state index in [9.17, 15) is 0 Å². The fourth-order valence-corrected chi connectivity index (χ4v) is 0. The van der Waals surface area contributed by atoms with Crippen LogP contribution in [0.1, 0.15) is 0 Å². The third kappa shape index (κ3) is 188. The molecule has 0 aromatic rings. The van der Waals surface area contributed by atoms with Gasteiger partial charge in [0.1, 0.15) is 0 Å². The topological polar surface area (TPSA) is 123 Å². The van der Waals surface area contributed by atoms with Crippen molar-refractivity contribution in [1.29, 1.82) is 0 Å². The van der Waals surface area contributed by atoms with Gasteiger partial charge in [0, 0.05) is 0 Å². The molecule has 0 fully saturated rings. The van der Waals surface area contributed by atoms with Gasteiger partial charge in [-0.2, -0.15) is 0 Å². The van der Waals surface area contributed by atoms with Crippen molar-refractivity contribution < 1.29 is 39.0 Å². The molecule has 6 N–H and O–H groups in total. The second kappa shape index (κ2) is 381. The van der Waals surface area contributed by atoms with Gasteiger partial charge in [0.15, 0.2) is 0 Å². The Balaban J connectivity index is 0. The molecule has 5 heteroatoms. The van der Waals surface area contributed by atoms with E-state index in [1.165, 1.54) is 0 Å². The second-order valence-electron chi connectivity index (χ2n) is 0. The summed E-state index contributed by atoms with van der Waals surface area (Å²) in [7, 11) is 0. The molecule has 0 amide bonds. The Kier molecular flexibility index (Phi) is 60000. The monoisotopic (exact) mass is 126 g/mol. The first-order valence-corrected chi connectivity index (χ1v) is 0. The van der Waals surface area contributed by atoms with Gasteiger partial charge in [0.05, 0.1) is 0 Å². The molecule has 5 heavy (non-hydrogen) atoms. The normalized spacial score (nSPS) is 0. The molecule has 0 saturated heterocycles. The maximum atomic E-state index is 0. The van der Waals surface area contributed by atoms with Crippen molar-refractivity contribution in [2.45, 2.75) is 0 Å². The molecule has 0 saturated carbocycles. The number of hydrogen-bond donors (Lipinski definition) is 0. The molecule has 0 aromatic heterocycles. The summed E-state index contributed by atoms with van der Waals surface area (Å²) in [6.45, 7) is 0. The van der Waals surface area contributed by atoms with E-state index in [0.717, 1.165) is 0 Å². The summed E-state index contributed by atoms with van der Waals surface area (Å²) < 4.78 is 0. The summed E-state index contributed by atoms with van der Waals surface area (Å²) in [5.74, 6) is 0. The van der Waals surface area contributed by atoms with Gasteiger partial charge in [-0.3, -0.25) is 0 Å². The standard InChI is InChI=1S/Fe.3H2O.O/h;3*1H2;/q+2;;;;-2. The maximum Gasteiger partial charge on any atom is 2.00 e. The second-order valence-corrected chi connectivity index (χ2v) is 0. The number of rotatable bonds is 0. The molecule has 0 radical (unpaired) electrons. The summed E-state index contributed by atoms with van der Waals surface area (Å²) in [5, 5.41) is 0. The van der Waals surface area contributed by atoms with Crippen LogP contribution in [0, 0.1) is 0 Å². The summed E-state index contributed by atoms with van der Waals surface area (Å²) in [6.07, 6.45) is 0. The van der Waals surface area contributed by atoms with Crippen molar-refractivity contribution in [3.05, 3.63) is 0 Å². The minimum atomic E-state index is 0. The largest absolute Gasteiger partial charge is 2.00 e. The molecule has 0 aromatic carbocycles. The van der Waals surface area contributed by atoms with Gasteiger partial charge in [-0.1, -0.05) is 0 Å². The molecule has 0 unspecified atom stereocenters. The van der Waals surface area contributed by atoms with E-state index in [4.69, 9.17) is 0 Å². The Hall–Kier alpha value is 0.359. The molecular formula is H6FeO4. The summed E-state index contributed by atoms with van der Waals surface area (Å²) in [4.78, 5) is 0. The van der Waals surface area contributed by atoms with Gasteiger partial charge in [0.2, 0.25) is 0 Å². The molecule has 0 heterocycles. The SMILES string of the molecule is O.O.O.[Fe+2].[O-2]. The van der Waals surface area contributed by atoms with E-state index in [1.807, 2.05) is 0 Å². The van der Waals surface area contributed by atoms with Crippen molar-refractivity contribution in [2.24, 2.45) is 0 Å². The van der Waals surface area contributed by atoms with Gasteiger partial charge in [0.25, 0.3) is 0 Å². The Morgan fingerprint density at radius 3 is 0.600 bits per heavy atom. The van der Waals surface area contributed by atoms with Crippen LogP contribution >= 0.6 is 0 Å². The fourth-order valence-electron chi connectivity index (χ4n) is 0. The first kappa shape index (κ1) is 788. The average molecular weight is 126 g/mol. The van der Waals surface area contributed by atoms with Gasteiger partial charge < -0.3 is 21.9 Å². The summed E-state index contributed by atoms with van der Waals surface area (Å²) in [5.41, 5.74) is 0. The van der Waals surface area contributed by atoms with Crippen LogP contribution in [0.4, 0.5) is 0 Å². The molecule has 38 valence electrons. The Bertz CT molecular complexity index is 3.61. The van der Waals surface area contributed by atoms with E-state index in [-0.39, 0.29) is 39.0 Å². The zero-order valence-electron chi connectivity index (χ0n) is 2.26. The molecule has 0 rings (SSSR count). The maximum absolute atomic E-state index is 0. The van der Waals surface area contributed by atoms with Crippen LogP contribution in [0.5, 0.6) is 0 Å². The molecule has 4 nitrogen and oxygen atoms in total. The first-order valence-electron chi connectivity index (χ1n) is 0. The Morgan fingerprint density at radius 1 is 0.600 bits per heavy atom. The van der Waals surface area contributed by atoms with Gasteiger partial charge in [-0.15, -0.1) is 0 Å². The van der Waals surface area contributed by atoms with E-state index in [1.54, 1.807) is 0 Å². The Labute approximate surface area is 39.9 Å². The van der Waals surface area contributed by atoms with Crippen molar-refractivity contribution in [3.8, 4) is 0 Å². The van der Waals surface area contributed by atoms with Crippen LogP contribution in [-0.2, 0) is 22.5 Å². The smallest absolute Gasteiger partial charge is 2.00 e. The van der Waals surface area contributed by atoms with Gasteiger partial charge in [-0.05, 0) is 0 Å². The van der Waals surface area contributed by atoms with Crippen molar-refractivity contribution in [3.63, 3.8) is 0 Å². The van der Waals surface area contributed by atoms with Gasteiger partial charge in [-0.25, -0.2) is 0 Å². The van der Waals surface area contributed by atoms with E-state index in [0.29, 0.717) is 0 Å². The predicted molar refractivity (Wildman–Crippen MR) is 11.5 cm³/mol. The third-order valence-corrected chi connectivity index (χ3v) is 0. The average Bonchev–Trinajstić information content (AvgIpc) is 0. The van der Waals surface area contributed by atoms with Crippen molar-refractivity contribution in [1.82, 2.24) is 0 Å². The molecule has 0 aliphatic rings. The first-order chi connectivity index (χ1) is 0. The van der Waals surface area contributed by atoms with Crippen LogP contribution in [-0.4, -0.2) is 16.4 Å². The third-order valence-electron chi connectivity index (χ3n) is 0. The van der Waals surface area contributed by atoms with Gasteiger partial charge >= 0.3 is 17.1 Å². The van der Waals surface area contributed by atoms with Crippen LogP contribution in [0.3, 0.4) is 0 Å². The minimum Gasteiger partial charge on any atom is -2.00 e. The predicted octanol–water partition coefficient (Wildman–Crippen LogP) is -2.60. The van der Waals surface area contributed by atoms with E-state index >= 15 is 0 Å². The minimum absolute atomic E-state index is 0. The summed E-state index contributed by atoms with van der Waals surface area (Å²) >= 11 is 0. The van der Waals surface area contributed by atoms with E-state index < -0.39 is 0 Å². The molecule has 0 aliphatic heterocycles. The zero-order valence-corrected chi connectivity index (χ0v) is 3.37. The molecule has 0 bridgehead atoms. The Morgan fingerprint density at radius 2 is 0.600 bits per heavy atom. The number of hydrogen-bond acceptors (Lipinski definition) is 0. The van der Waals surface area contributed by atoms with Crippen LogP contribution in [0.15, 0.2) is 0 Å². The van der Waals surface area contributed by atoms with Crippen molar-refractivity contribution in [2.75, 3.05) is 0 Å². The van der Waals surface area contributed by atoms with Crippen LogP contribution < -0.4 is 0 Å².